The summed E-state index contributed by atoms with van der Waals surface area (Å²) in [6.07, 6.45) is 3.21. The predicted molar refractivity (Wildman–Crippen MR) is 71.8 cm³/mol. The summed E-state index contributed by atoms with van der Waals surface area (Å²) in [5.41, 5.74) is 1.20. The van der Waals surface area contributed by atoms with Crippen LogP contribution in [-0.2, 0) is 0 Å². The van der Waals surface area contributed by atoms with Gasteiger partial charge in [-0.2, -0.15) is 0 Å². The number of anilines is 1. The molecule has 0 bridgehead atoms. The number of aryl methyl sites for hydroxylation is 1. The number of hydrogen-bond acceptors (Lipinski definition) is 2. The zero-order valence-electron chi connectivity index (χ0n) is 10.2. The number of aromatic nitrogens is 1. The second-order valence-electron chi connectivity index (χ2n) is 5.01. The van der Waals surface area contributed by atoms with E-state index >= 15 is 0 Å². The van der Waals surface area contributed by atoms with Gasteiger partial charge in [-0.05, 0) is 52.7 Å². The van der Waals surface area contributed by atoms with Gasteiger partial charge in [0.05, 0.1) is 4.47 Å². The molecule has 1 aliphatic rings. The number of rotatable bonds is 1. The van der Waals surface area contributed by atoms with Crippen LogP contribution in [0.5, 0.6) is 0 Å². The average Bonchev–Trinajstić information content (AvgIpc) is 2.22. The maximum Gasteiger partial charge on any atom is 0.142 e. The van der Waals surface area contributed by atoms with E-state index in [0.717, 1.165) is 35.2 Å². The molecule has 2 nitrogen and oxygen atoms in total. The quantitative estimate of drug-likeness (QED) is 0.782. The molecule has 1 fully saturated rings. The minimum Gasteiger partial charge on any atom is -0.355 e. The SMILES string of the molecule is Cc1cnc(N2CCC(C)C(C)C2)c(Br)c1. The largest absolute Gasteiger partial charge is 0.355 e. The van der Waals surface area contributed by atoms with Crippen molar-refractivity contribution in [3.8, 4) is 0 Å². The van der Waals surface area contributed by atoms with Gasteiger partial charge >= 0.3 is 0 Å². The Morgan fingerprint density at radius 1 is 1.38 bits per heavy atom. The van der Waals surface area contributed by atoms with Gasteiger partial charge in [-0.1, -0.05) is 13.8 Å². The van der Waals surface area contributed by atoms with E-state index in [1.54, 1.807) is 0 Å². The number of piperidine rings is 1. The first-order valence-electron chi connectivity index (χ1n) is 5.95. The van der Waals surface area contributed by atoms with Crippen LogP contribution in [0.4, 0.5) is 5.82 Å². The number of pyridine rings is 1. The Labute approximate surface area is 106 Å². The molecule has 3 heteroatoms. The summed E-state index contributed by atoms with van der Waals surface area (Å²) in [7, 11) is 0. The van der Waals surface area contributed by atoms with Gasteiger partial charge in [0.2, 0.25) is 0 Å². The van der Waals surface area contributed by atoms with Crippen molar-refractivity contribution in [1.82, 2.24) is 4.98 Å². The van der Waals surface area contributed by atoms with Gasteiger partial charge in [-0.25, -0.2) is 4.98 Å². The van der Waals surface area contributed by atoms with Gasteiger partial charge in [0.1, 0.15) is 5.82 Å². The number of halogens is 1. The lowest BCUT2D eigenvalue weighted by molar-refractivity contribution is 0.322. The fourth-order valence-electron chi connectivity index (χ4n) is 2.21. The fraction of sp³-hybridized carbons (Fsp3) is 0.615. The first kappa shape index (κ1) is 11.9. The monoisotopic (exact) mass is 282 g/mol. The van der Waals surface area contributed by atoms with Crippen LogP contribution >= 0.6 is 15.9 Å². The lowest BCUT2D eigenvalue weighted by Crippen LogP contribution is -2.39. The molecule has 0 aliphatic carbocycles. The van der Waals surface area contributed by atoms with Crippen molar-refractivity contribution in [2.75, 3.05) is 18.0 Å². The molecule has 2 atom stereocenters. The maximum absolute atomic E-state index is 4.54. The van der Waals surface area contributed by atoms with E-state index in [2.05, 4.69) is 52.7 Å². The molecule has 88 valence electrons. The number of nitrogens with zero attached hydrogens (tertiary/aromatic N) is 2. The third kappa shape index (κ3) is 2.40. The van der Waals surface area contributed by atoms with Crippen molar-refractivity contribution < 1.29 is 0 Å². The van der Waals surface area contributed by atoms with Crippen molar-refractivity contribution in [1.29, 1.82) is 0 Å². The summed E-state index contributed by atoms with van der Waals surface area (Å²) in [5.74, 6) is 2.69. The van der Waals surface area contributed by atoms with Crippen molar-refractivity contribution in [2.45, 2.75) is 27.2 Å². The van der Waals surface area contributed by atoms with Crippen LogP contribution in [0.2, 0.25) is 0 Å². The molecule has 0 N–H and O–H groups in total. The summed E-state index contributed by atoms with van der Waals surface area (Å²) >= 11 is 3.61. The smallest absolute Gasteiger partial charge is 0.142 e. The molecule has 0 saturated carbocycles. The molecular formula is C13H19BrN2. The van der Waals surface area contributed by atoms with Gasteiger partial charge in [-0.3, -0.25) is 0 Å². The number of hydrogen-bond donors (Lipinski definition) is 0. The summed E-state index contributed by atoms with van der Waals surface area (Å²) in [6, 6.07) is 2.14. The van der Waals surface area contributed by atoms with Crippen molar-refractivity contribution in [3.05, 3.63) is 22.3 Å². The van der Waals surface area contributed by atoms with Gasteiger partial charge < -0.3 is 4.90 Å². The van der Waals surface area contributed by atoms with Crippen molar-refractivity contribution >= 4 is 21.7 Å². The van der Waals surface area contributed by atoms with Crippen LogP contribution < -0.4 is 4.90 Å². The molecule has 1 aliphatic heterocycles. The molecule has 0 spiro atoms. The highest BCUT2D eigenvalue weighted by molar-refractivity contribution is 9.10. The standard InChI is InChI=1S/C13H19BrN2/c1-9-6-12(14)13(15-7-9)16-5-4-10(2)11(3)8-16/h6-7,10-11H,4-5,8H2,1-3H3. The van der Waals surface area contributed by atoms with E-state index in [9.17, 15) is 0 Å². The van der Waals surface area contributed by atoms with E-state index in [-0.39, 0.29) is 0 Å². The van der Waals surface area contributed by atoms with Gasteiger partial charge in [0.25, 0.3) is 0 Å². The zero-order chi connectivity index (χ0) is 11.7. The Hall–Kier alpha value is -0.570. The van der Waals surface area contributed by atoms with E-state index in [1.165, 1.54) is 12.0 Å². The summed E-state index contributed by atoms with van der Waals surface area (Å²) < 4.78 is 1.12. The summed E-state index contributed by atoms with van der Waals surface area (Å²) in [6.45, 7) is 9.00. The summed E-state index contributed by atoms with van der Waals surface area (Å²) in [5, 5.41) is 0. The third-order valence-electron chi connectivity index (χ3n) is 3.59. The van der Waals surface area contributed by atoms with Gasteiger partial charge in [0, 0.05) is 19.3 Å². The second kappa shape index (κ2) is 4.74. The lowest BCUT2D eigenvalue weighted by Gasteiger charge is -2.36. The Kier molecular flexibility index (Phi) is 3.53. The second-order valence-corrected chi connectivity index (χ2v) is 5.86. The van der Waals surface area contributed by atoms with Gasteiger partial charge in [-0.15, -0.1) is 0 Å². The first-order chi connectivity index (χ1) is 7.58. The summed E-state index contributed by atoms with van der Waals surface area (Å²) in [4.78, 5) is 6.94. The van der Waals surface area contributed by atoms with E-state index in [0.29, 0.717) is 0 Å². The third-order valence-corrected chi connectivity index (χ3v) is 4.18. The topological polar surface area (TPSA) is 16.1 Å². The molecule has 0 aromatic carbocycles. The highest BCUT2D eigenvalue weighted by atomic mass is 79.9. The van der Waals surface area contributed by atoms with Crippen LogP contribution in [0.15, 0.2) is 16.7 Å². The Morgan fingerprint density at radius 2 is 2.12 bits per heavy atom. The average molecular weight is 283 g/mol. The normalized spacial score (nSPS) is 25.9. The lowest BCUT2D eigenvalue weighted by atomic mass is 9.89. The van der Waals surface area contributed by atoms with E-state index in [1.807, 2.05) is 6.20 Å². The first-order valence-corrected chi connectivity index (χ1v) is 6.74. The van der Waals surface area contributed by atoms with E-state index < -0.39 is 0 Å². The fourth-order valence-corrected chi connectivity index (χ4v) is 2.93. The maximum atomic E-state index is 4.54. The van der Waals surface area contributed by atoms with Crippen molar-refractivity contribution in [2.24, 2.45) is 11.8 Å². The Balaban J connectivity index is 2.18. The Morgan fingerprint density at radius 3 is 2.75 bits per heavy atom. The minimum atomic E-state index is 0.753. The molecule has 2 unspecified atom stereocenters. The molecule has 16 heavy (non-hydrogen) atoms. The molecule has 0 radical (unpaired) electrons. The molecule has 0 amide bonds. The van der Waals surface area contributed by atoms with Crippen LogP contribution in [0.1, 0.15) is 25.8 Å². The van der Waals surface area contributed by atoms with Crippen LogP contribution in [-0.4, -0.2) is 18.1 Å². The van der Waals surface area contributed by atoms with E-state index in [4.69, 9.17) is 0 Å². The molecule has 1 saturated heterocycles. The predicted octanol–water partition coefficient (Wildman–Crippen LogP) is 3.63. The molecule has 1 aromatic rings. The van der Waals surface area contributed by atoms with Crippen LogP contribution in [0, 0.1) is 18.8 Å². The molecule has 2 heterocycles. The Bertz CT molecular complexity index is 378. The molecule has 1 aromatic heterocycles. The highest BCUT2D eigenvalue weighted by Gasteiger charge is 2.24. The minimum absolute atomic E-state index is 0.753. The van der Waals surface area contributed by atoms with Gasteiger partial charge in [0.15, 0.2) is 0 Å². The molecular weight excluding hydrogens is 264 g/mol. The van der Waals surface area contributed by atoms with Crippen LogP contribution in [0.25, 0.3) is 0 Å². The van der Waals surface area contributed by atoms with Crippen molar-refractivity contribution in [3.63, 3.8) is 0 Å². The zero-order valence-corrected chi connectivity index (χ0v) is 11.8. The molecule has 2 rings (SSSR count). The van der Waals surface area contributed by atoms with Crippen LogP contribution in [0.3, 0.4) is 0 Å². The highest BCUT2D eigenvalue weighted by Crippen LogP contribution is 2.30.